The van der Waals surface area contributed by atoms with E-state index < -0.39 is 0 Å². The maximum Gasteiger partial charge on any atom is 0.249 e. The summed E-state index contributed by atoms with van der Waals surface area (Å²) in [7, 11) is 0. The summed E-state index contributed by atoms with van der Waals surface area (Å²) in [4.78, 5) is 15.6. The summed E-state index contributed by atoms with van der Waals surface area (Å²) < 4.78 is 5.42. The first-order valence-electron chi connectivity index (χ1n) is 8.46. The highest BCUT2D eigenvalue weighted by molar-refractivity contribution is 5.89. The average Bonchev–Trinajstić information content (AvgIpc) is 2.64. The molecule has 3 N–H and O–H groups in total. The Kier molecular flexibility index (Phi) is 5.78. The Morgan fingerprint density at radius 2 is 1.81 bits per heavy atom. The lowest BCUT2D eigenvalue weighted by molar-refractivity contribution is -0.114. The molecule has 0 aliphatic heterocycles. The van der Waals surface area contributed by atoms with E-state index in [1.165, 1.54) is 13.1 Å². The van der Waals surface area contributed by atoms with Crippen molar-refractivity contribution in [3.05, 3.63) is 54.7 Å². The lowest BCUT2D eigenvalue weighted by Gasteiger charge is -2.09. The Balaban J connectivity index is 1.69. The normalized spacial score (nSPS) is 10.1. The van der Waals surface area contributed by atoms with E-state index in [4.69, 9.17) is 4.74 Å². The molecule has 8 nitrogen and oxygen atoms in total. The van der Waals surface area contributed by atoms with Crippen molar-refractivity contribution in [3.63, 3.8) is 0 Å². The summed E-state index contributed by atoms with van der Waals surface area (Å²) in [6, 6.07) is 14.8. The topological polar surface area (TPSA) is 101 Å². The molecule has 3 rings (SSSR count). The number of carbonyl (C=O) groups excluding carboxylic acids is 1. The molecule has 0 saturated carbocycles. The minimum Gasteiger partial charge on any atom is -0.494 e. The molecule has 138 valence electrons. The van der Waals surface area contributed by atoms with Crippen molar-refractivity contribution >= 4 is 34.7 Å². The summed E-state index contributed by atoms with van der Waals surface area (Å²) in [5, 5.41) is 16.9. The fraction of sp³-hybridized carbons (Fsp3) is 0.158. The Morgan fingerprint density at radius 3 is 2.56 bits per heavy atom. The van der Waals surface area contributed by atoms with E-state index in [1.807, 2.05) is 55.5 Å². The van der Waals surface area contributed by atoms with Crippen LogP contribution in [-0.2, 0) is 4.79 Å². The van der Waals surface area contributed by atoms with Gasteiger partial charge in [0.15, 0.2) is 5.82 Å². The van der Waals surface area contributed by atoms with Crippen LogP contribution in [0.15, 0.2) is 54.7 Å². The van der Waals surface area contributed by atoms with E-state index in [9.17, 15) is 4.79 Å². The first-order valence-corrected chi connectivity index (χ1v) is 8.46. The van der Waals surface area contributed by atoms with E-state index >= 15 is 0 Å². The molecule has 0 atom stereocenters. The van der Waals surface area contributed by atoms with Gasteiger partial charge < -0.3 is 20.7 Å². The number of rotatable bonds is 7. The molecular weight excluding hydrogens is 344 g/mol. The van der Waals surface area contributed by atoms with Crippen molar-refractivity contribution in [2.75, 3.05) is 22.6 Å². The zero-order valence-electron chi connectivity index (χ0n) is 15.1. The van der Waals surface area contributed by atoms with E-state index in [0.29, 0.717) is 24.1 Å². The first-order chi connectivity index (χ1) is 13.1. The average molecular weight is 364 g/mol. The van der Waals surface area contributed by atoms with Crippen molar-refractivity contribution in [2.24, 2.45) is 0 Å². The predicted molar refractivity (Wildman–Crippen MR) is 105 cm³/mol. The van der Waals surface area contributed by atoms with Crippen LogP contribution in [0.25, 0.3) is 0 Å². The molecule has 27 heavy (non-hydrogen) atoms. The Morgan fingerprint density at radius 1 is 1.04 bits per heavy atom. The van der Waals surface area contributed by atoms with Gasteiger partial charge in [0.1, 0.15) is 5.75 Å². The van der Waals surface area contributed by atoms with Gasteiger partial charge in [-0.1, -0.05) is 6.07 Å². The lowest BCUT2D eigenvalue weighted by atomic mass is 10.2. The van der Waals surface area contributed by atoms with Gasteiger partial charge in [-0.05, 0) is 49.4 Å². The van der Waals surface area contributed by atoms with Crippen LogP contribution in [0.4, 0.5) is 28.8 Å². The molecule has 0 saturated heterocycles. The number of hydrogen-bond acceptors (Lipinski definition) is 7. The van der Waals surface area contributed by atoms with Gasteiger partial charge in [-0.25, -0.2) is 0 Å². The third-order valence-electron chi connectivity index (χ3n) is 3.44. The Hall–Kier alpha value is -3.68. The number of hydrogen-bond donors (Lipinski definition) is 3. The van der Waals surface area contributed by atoms with Crippen LogP contribution in [0, 0.1) is 0 Å². The molecule has 0 unspecified atom stereocenters. The van der Waals surface area contributed by atoms with Gasteiger partial charge >= 0.3 is 0 Å². The minimum absolute atomic E-state index is 0.127. The summed E-state index contributed by atoms with van der Waals surface area (Å²) >= 11 is 0. The van der Waals surface area contributed by atoms with Crippen LogP contribution in [0.5, 0.6) is 5.75 Å². The molecule has 1 amide bonds. The summed E-state index contributed by atoms with van der Waals surface area (Å²) in [6.07, 6.45) is 1.52. The first kappa shape index (κ1) is 18.1. The maximum atomic E-state index is 11.2. The van der Waals surface area contributed by atoms with Gasteiger partial charge in [-0.15, -0.1) is 5.10 Å². The fourth-order valence-corrected chi connectivity index (χ4v) is 2.37. The quantitative estimate of drug-likeness (QED) is 0.587. The Labute approximate surface area is 157 Å². The molecule has 3 aromatic rings. The molecule has 1 aromatic heterocycles. The molecule has 0 fully saturated rings. The highest BCUT2D eigenvalue weighted by atomic mass is 16.5. The van der Waals surface area contributed by atoms with Gasteiger partial charge in [-0.2, -0.15) is 10.1 Å². The molecule has 0 spiro atoms. The van der Waals surface area contributed by atoms with Crippen LogP contribution in [0.3, 0.4) is 0 Å². The molecule has 0 bridgehead atoms. The van der Waals surface area contributed by atoms with E-state index in [1.54, 1.807) is 0 Å². The summed E-state index contributed by atoms with van der Waals surface area (Å²) in [5.41, 5.74) is 2.29. The van der Waals surface area contributed by atoms with Crippen molar-refractivity contribution in [1.82, 2.24) is 15.2 Å². The van der Waals surface area contributed by atoms with Crippen LogP contribution >= 0.6 is 0 Å². The largest absolute Gasteiger partial charge is 0.494 e. The van der Waals surface area contributed by atoms with Gasteiger partial charge in [0.25, 0.3) is 0 Å². The van der Waals surface area contributed by atoms with Crippen molar-refractivity contribution < 1.29 is 9.53 Å². The Bertz CT molecular complexity index is 914. The standard InChI is InChI=1S/C19H20N6O2/c1-3-27-17-9-7-14(8-10-17)23-19-24-18(12-20-25-19)22-16-6-4-5-15(11-16)21-13(2)26/h4-12H,3H2,1-2H3,(H,21,26)(H2,22,23,24,25). The minimum atomic E-state index is -0.127. The van der Waals surface area contributed by atoms with E-state index in [0.717, 1.165) is 17.1 Å². The highest BCUT2D eigenvalue weighted by Crippen LogP contribution is 2.21. The second-order valence-electron chi connectivity index (χ2n) is 5.63. The number of nitrogens with one attached hydrogen (secondary N) is 3. The van der Waals surface area contributed by atoms with Crippen molar-refractivity contribution in [2.45, 2.75) is 13.8 Å². The number of nitrogens with zero attached hydrogens (tertiary/aromatic N) is 3. The van der Waals surface area contributed by atoms with Gasteiger partial charge in [0, 0.05) is 24.0 Å². The number of amides is 1. The number of anilines is 5. The predicted octanol–water partition coefficient (Wildman–Crippen LogP) is 3.72. The van der Waals surface area contributed by atoms with Crippen LogP contribution in [0.2, 0.25) is 0 Å². The molecule has 8 heteroatoms. The van der Waals surface area contributed by atoms with Crippen LogP contribution in [0.1, 0.15) is 13.8 Å². The molecule has 0 aliphatic rings. The third kappa shape index (κ3) is 5.40. The maximum absolute atomic E-state index is 11.2. The molecule has 0 radical (unpaired) electrons. The lowest BCUT2D eigenvalue weighted by Crippen LogP contribution is -2.06. The summed E-state index contributed by atoms with van der Waals surface area (Å²) in [5.74, 6) is 1.56. The zero-order chi connectivity index (χ0) is 19.1. The van der Waals surface area contributed by atoms with Gasteiger partial charge in [-0.3, -0.25) is 4.79 Å². The second-order valence-corrected chi connectivity index (χ2v) is 5.63. The number of aromatic nitrogens is 3. The van der Waals surface area contributed by atoms with Gasteiger partial charge in [0.2, 0.25) is 11.9 Å². The molecular formula is C19H20N6O2. The monoisotopic (exact) mass is 364 g/mol. The molecule has 1 heterocycles. The third-order valence-corrected chi connectivity index (χ3v) is 3.44. The molecule has 0 aliphatic carbocycles. The van der Waals surface area contributed by atoms with E-state index in [-0.39, 0.29) is 5.91 Å². The van der Waals surface area contributed by atoms with Crippen LogP contribution in [-0.4, -0.2) is 27.7 Å². The van der Waals surface area contributed by atoms with Crippen molar-refractivity contribution in [1.29, 1.82) is 0 Å². The second kappa shape index (κ2) is 8.61. The summed E-state index contributed by atoms with van der Waals surface area (Å²) in [6.45, 7) is 4.03. The van der Waals surface area contributed by atoms with Crippen LogP contribution < -0.4 is 20.7 Å². The van der Waals surface area contributed by atoms with Gasteiger partial charge in [0.05, 0.1) is 12.8 Å². The fourth-order valence-electron chi connectivity index (χ4n) is 2.37. The van der Waals surface area contributed by atoms with E-state index in [2.05, 4.69) is 31.1 Å². The SMILES string of the molecule is CCOc1ccc(Nc2nncc(Nc3cccc(NC(C)=O)c3)n2)cc1. The number of carbonyl (C=O) groups is 1. The zero-order valence-corrected chi connectivity index (χ0v) is 15.1. The number of ether oxygens (including phenoxy) is 1. The van der Waals surface area contributed by atoms with Crippen molar-refractivity contribution in [3.8, 4) is 5.75 Å². The highest BCUT2D eigenvalue weighted by Gasteiger charge is 2.04. The molecule has 2 aromatic carbocycles. The smallest absolute Gasteiger partial charge is 0.249 e. The number of benzene rings is 2.